The lowest BCUT2D eigenvalue weighted by Crippen LogP contribution is -2.08. The minimum Gasteiger partial charge on any atom is -0.436 e. The molecule has 0 bridgehead atoms. The highest BCUT2D eigenvalue weighted by atomic mass is 35.5. The van der Waals surface area contributed by atoms with Gasteiger partial charge in [0.25, 0.3) is 5.35 Å². The molecule has 0 N–H and O–H groups in total. The lowest BCUT2D eigenvalue weighted by Gasteiger charge is -2.07. The Morgan fingerprint density at radius 3 is 2.50 bits per heavy atom. The molecule has 0 atom stereocenters. The Morgan fingerprint density at radius 1 is 1.70 bits per heavy atom. The first-order valence-electron chi connectivity index (χ1n) is 2.80. The van der Waals surface area contributed by atoms with E-state index in [-0.39, 0.29) is 11.0 Å². The zero-order valence-electron chi connectivity index (χ0n) is 5.69. The molecule has 1 heterocycles. The average Bonchev–Trinajstić information content (AvgIpc) is 2.11. The maximum atomic E-state index is 13.0. The number of hydrogen-bond donors (Lipinski definition) is 0. The third kappa shape index (κ3) is 1.48. The van der Waals surface area contributed by atoms with Crippen LogP contribution in [0.3, 0.4) is 0 Å². The van der Waals surface area contributed by atoms with Gasteiger partial charge in [0.2, 0.25) is 0 Å². The van der Waals surface area contributed by atoms with Crippen molar-refractivity contribution in [3.05, 3.63) is 17.3 Å². The van der Waals surface area contributed by atoms with Gasteiger partial charge in [0.15, 0.2) is 0 Å². The highest BCUT2D eigenvalue weighted by Gasteiger charge is 2.22. The molecule has 0 radical (unpaired) electrons. The van der Waals surface area contributed by atoms with Crippen molar-refractivity contribution in [3.63, 3.8) is 0 Å². The van der Waals surface area contributed by atoms with E-state index in [1.807, 2.05) is 0 Å². The van der Waals surface area contributed by atoms with E-state index in [2.05, 4.69) is 9.40 Å². The van der Waals surface area contributed by atoms with Crippen LogP contribution in [0.5, 0.6) is 0 Å². The van der Waals surface area contributed by atoms with E-state index in [0.717, 1.165) is 0 Å². The van der Waals surface area contributed by atoms with Crippen molar-refractivity contribution in [2.45, 2.75) is 19.5 Å². The van der Waals surface area contributed by atoms with Crippen LogP contribution in [0.25, 0.3) is 0 Å². The van der Waals surface area contributed by atoms with E-state index in [1.165, 1.54) is 20.1 Å². The summed E-state index contributed by atoms with van der Waals surface area (Å²) in [6.07, 6.45) is 1.21. The first-order valence-corrected chi connectivity index (χ1v) is 3.18. The Balaban J connectivity index is 2.96. The van der Waals surface area contributed by atoms with E-state index in [1.54, 1.807) is 0 Å². The molecule has 0 unspecified atom stereocenters. The minimum atomic E-state index is -1.48. The Bertz CT molecular complexity index is 228. The molecule has 2 nitrogen and oxygen atoms in total. The molecule has 1 rings (SSSR count). The lowest BCUT2D eigenvalue weighted by molar-refractivity contribution is 0.214. The summed E-state index contributed by atoms with van der Waals surface area (Å²) in [5, 5.41) is -0.0271. The molecule has 0 saturated carbocycles. The van der Waals surface area contributed by atoms with Crippen molar-refractivity contribution in [2.75, 3.05) is 0 Å². The molecule has 4 heteroatoms. The zero-order chi connectivity index (χ0) is 7.78. The Labute approximate surface area is 63.0 Å². The summed E-state index contributed by atoms with van der Waals surface area (Å²) in [7, 11) is 0. The van der Waals surface area contributed by atoms with Crippen molar-refractivity contribution in [1.82, 2.24) is 4.98 Å². The molecule has 0 amide bonds. The third-order valence-electron chi connectivity index (χ3n) is 1.09. The molecule has 0 aromatic carbocycles. The number of oxazole rings is 1. The van der Waals surface area contributed by atoms with Gasteiger partial charge in [-0.3, -0.25) is 0 Å². The number of aromatic nitrogens is 1. The highest BCUT2D eigenvalue weighted by molar-refractivity contribution is 6.27. The van der Waals surface area contributed by atoms with E-state index >= 15 is 0 Å². The first kappa shape index (κ1) is 7.54. The van der Waals surface area contributed by atoms with E-state index in [0.29, 0.717) is 0 Å². The van der Waals surface area contributed by atoms with Gasteiger partial charge in [-0.25, -0.2) is 9.37 Å². The normalized spacial score (nSPS) is 12.0. The van der Waals surface area contributed by atoms with Gasteiger partial charge in [-0.05, 0) is 25.4 Å². The van der Waals surface area contributed by atoms with Crippen LogP contribution in [0.4, 0.5) is 4.39 Å². The molecule has 10 heavy (non-hydrogen) atoms. The van der Waals surface area contributed by atoms with Gasteiger partial charge in [-0.2, -0.15) is 0 Å². The largest absolute Gasteiger partial charge is 0.436 e. The van der Waals surface area contributed by atoms with Gasteiger partial charge in [0, 0.05) is 0 Å². The predicted octanol–water partition coefficient (Wildman–Crippen LogP) is 2.53. The van der Waals surface area contributed by atoms with Crippen molar-refractivity contribution in [1.29, 1.82) is 0 Å². The van der Waals surface area contributed by atoms with Gasteiger partial charge in [0.1, 0.15) is 17.6 Å². The molecule has 0 spiro atoms. The standard InChI is InChI=1S/C6H7ClFNO/c1-6(2,8)4-3-10-5(7)9-4/h3H,1-2H3. The molecule has 0 aliphatic carbocycles. The fourth-order valence-corrected chi connectivity index (χ4v) is 0.660. The number of nitrogens with zero attached hydrogens (tertiary/aromatic N) is 1. The van der Waals surface area contributed by atoms with Gasteiger partial charge in [-0.1, -0.05) is 0 Å². The van der Waals surface area contributed by atoms with Crippen LogP contribution in [0.2, 0.25) is 5.35 Å². The molecular weight excluding hydrogens is 157 g/mol. The third-order valence-corrected chi connectivity index (χ3v) is 1.26. The summed E-state index contributed by atoms with van der Waals surface area (Å²) >= 11 is 5.32. The van der Waals surface area contributed by atoms with Crippen LogP contribution in [-0.2, 0) is 5.67 Å². The van der Waals surface area contributed by atoms with Gasteiger partial charge in [0.05, 0.1) is 0 Å². The molecule has 0 fully saturated rings. The summed E-state index contributed by atoms with van der Waals surface area (Å²) in [5.74, 6) is 0. The minimum absolute atomic E-state index is 0.0271. The number of hydrogen-bond acceptors (Lipinski definition) is 2. The van der Waals surface area contributed by atoms with E-state index < -0.39 is 5.67 Å². The first-order chi connectivity index (χ1) is 4.50. The van der Waals surface area contributed by atoms with Crippen molar-refractivity contribution in [3.8, 4) is 0 Å². The van der Waals surface area contributed by atoms with Gasteiger partial charge in [-0.15, -0.1) is 0 Å². The molecule has 1 aromatic heterocycles. The average molecular weight is 164 g/mol. The van der Waals surface area contributed by atoms with Crippen molar-refractivity contribution in [2.24, 2.45) is 0 Å². The molecule has 1 aromatic rings. The van der Waals surface area contributed by atoms with Gasteiger partial charge < -0.3 is 4.42 Å². The summed E-state index contributed by atoms with van der Waals surface area (Å²) in [5.41, 5.74) is -1.26. The second kappa shape index (κ2) is 2.23. The van der Waals surface area contributed by atoms with E-state index in [9.17, 15) is 4.39 Å². The van der Waals surface area contributed by atoms with Crippen molar-refractivity contribution < 1.29 is 8.81 Å². The summed E-state index contributed by atoms with van der Waals surface area (Å²) < 4.78 is 17.6. The monoisotopic (exact) mass is 163 g/mol. The van der Waals surface area contributed by atoms with Crippen LogP contribution in [0, 0.1) is 0 Å². The second-order valence-corrected chi connectivity index (χ2v) is 2.78. The number of halogens is 2. The molecule has 0 aliphatic rings. The predicted molar refractivity (Wildman–Crippen MR) is 35.6 cm³/mol. The summed E-state index contributed by atoms with van der Waals surface area (Å²) in [4.78, 5) is 3.61. The fraction of sp³-hybridized carbons (Fsp3) is 0.500. The van der Waals surface area contributed by atoms with Crippen LogP contribution in [0.1, 0.15) is 19.5 Å². The maximum Gasteiger partial charge on any atom is 0.292 e. The quantitative estimate of drug-likeness (QED) is 0.636. The van der Waals surface area contributed by atoms with Crippen LogP contribution in [0.15, 0.2) is 10.7 Å². The second-order valence-electron chi connectivity index (χ2n) is 2.46. The maximum absolute atomic E-state index is 13.0. The van der Waals surface area contributed by atoms with Crippen LogP contribution < -0.4 is 0 Å². The molecular formula is C6H7ClFNO. The Hall–Kier alpha value is -0.570. The van der Waals surface area contributed by atoms with Gasteiger partial charge >= 0.3 is 0 Å². The van der Waals surface area contributed by atoms with Crippen LogP contribution >= 0.6 is 11.6 Å². The van der Waals surface area contributed by atoms with Crippen LogP contribution in [-0.4, -0.2) is 4.98 Å². The van der Waals surface area contributed by atoms with Crippen molar-refractivity contribution >= 4 is 11.6 Å². The molecule has 56 valence electrons. The highest BCUT2D eigenvalue weighted by Crippen LogP contribution is 2.24. The van der Waals surface area contributed by atoms with E-state index in [4.69, 9.17) is 11.6 Å². The summed E-state index contributed by atoms with van der Waals surface area (Å²) in [6, 6.07) is 0. The SMILES string of the molecule is CC(C)(F)c1coc(Cl)n1. The Kier molecular flexibility index (Phi) is 1.68. The lowest BCUT2D eigenvalue weighted by atomic mass is 10.1. The smallest absolute Gasteiger partial charge is 0.292 e. The number of rotatable bonds is 1. The fourth-order valence-electron chi connectivity index (χ4n) is 0.525. The Morgan fingerprint density at radius 2 is 2.30 bits per heavy atom. The number of alkyl halides is 1. The zero-order valence-corrected chi connectivity index (χ0v) is 6.44. The molecule has 0 aliphatic heterocycles. The molecule has 0 saturated heterocycles. The summed E-state index contributed by atoms with van der Waals surface area (Å²) in [6.45, 7) is 2.78. The topological polar surface area (TPSA) is 26.0 Å².